The Morgan fingerprint density at radius 3 is 2.36 bits per heavy atom. The van der Waals surface area contributed by atoms with Crippen molar-refractivity contribution in [3.63, 3.8) is 0 Å². The molecule has 1 N–H and O–H groups in total. The second kappa shape index (κ2) is 6.08. The van der Waals surface area contributed by atoms with Crippen molar-refractivity contribution in [1.29, 1.82) is 0 Å². The summed E-state index contributed by atoms with van der Waals surface area (Å²) in [6.45, 7) is 6.18. The van der Waals surface area contributed by atoms with Gasteiger partial charge in [0, 0.05) is 11.6 Å². The van der Waals surface area contributed by atoms with Gasteiger partial charge in [0.1, 0.15) is 23.2 Å². The summed E-state index contributed by atoms with van der Waals surface area (Å²) in [7, 11) is 0. The Kier molecular flexibility index (Phi) is 4.85. The minimum atomic E-state index is -1.71. The monoisotopic (exact) mass is 312 g/mol. The van der Waals surface area contributed by atoms with Gasteiger partial charge in [-0.3, -0.25) is 10.1 Å². The average Bonchev–Trinajstić information content (AvgIpc) is 2.35. The third-order valence-corrected chi connectivity index (χ3v) is 2.72. The Bertz CT molecular complexity index is 612. The van der Waals surface area contributed by atoms with Crippen molar-refractivity contribution in [1.82, 2.24) is 5.32 Å². The number of rotatable bonds is 4. The molecule has 7 nitrogen and oxygen atoms in total. The van der Waals surface area contributed by atoms with Crippen LogP contribution in [0.15, 0.2) is 18.2 Å². The first-order chi connectivity index (χ1) is 9.98. The van der Waals surface area contributed by atoms with E-state index in [2.05, 4.69) is 5.32 Å². The average molecular weight is 312 g/mol. The zero-order chi connectivity index (χ0) is 17.1. The summed E-state index contributed by atoms with van der Waals surface area (Å²) < 4.78 is 19.0. The van der Waals surface area contributed by atoms with E-state index < -0.39 is 33.7 Å². The van der Waals surface area contributed by atoms with Crippen LogP contribution in [0.5, 0.6) is 0 Å². The van der Waals surface area contributed by atoms with Crippen molar-refractivity contribution >= 4 is 18.1 Å². The van der Waals surface area contributed by atoms with Crippen LogP contribution < -0.4 is 5.32 Å². The number of nitrogens with zero attached hydrogens (tertiary/aromatic N) is 1. The summed E-state index contributed by atoms with van der Waals surface area (Å²) in [5.41, 5.74) is -3.14. The maximum absolute atomic E-state index is 14.0. The number of amides is 1. The van der Waals surface area contributed by atoms with Gasteiger partial charge < -0.3 is 14.8 Å². The molecule has 0 saturated carbocycles. The Balaban J connectivity index is 3.11. The zero-order valence-electron chi connectivity index (χ0n) is 12.7. The molecule has 1 atom stereocenters. The number of alkyl carbamates (subject to hydrolysis) is 1. The van der Waals surface area contributed by atoms with E-state index in [0.29, 0.717) is 12.4 Å². The number of nitro benzene ring substituents is 1. The first-order valence-corrected chi connectivity index (χ1v) is 6.40. The maximum Gasteiger partial charge on any atom is 0.408 e. The molecule has 0 heterocycles. The summed E-state index contributed by atoms with van der Waals surface area (Å²) in [6.07, 6.45) is -0.568. The van der Waals surface area contributed by atoms with E-state index in [-0.39, 0.29) is 5.56 Å². The van der Waals surface area contributed by atoms with E-state index in [1.165, 1.54) is 6.92 Å². The van der Waals surface area contributed by atoms with Crippen LogP contribution in [0, 0.1) is 15.9 Å². The number of carbonyl (C=O) groups excluding carboxylic acids is 2. The Labute approximate surface area is 126 Å². The molecule has 1 aromatic carbocycles. The van der Waals surface area contributed by atoms with E-state index in [1.807, 2.05) is 0 Å². The van der Waals surface area contributed by atoms with Gasteiger partial charge in [0.15, 0.2) is 0 Å². The molecule has 8 heteroatoms. The smallest absolute Gasteiger partial charge is 0.408 e. The number of benzene rings is 1. The quantitative estimate of drug-likeness (QED) is 0.523. The van der Waals surface area contributed by atoms with Gasteiger partial charge in [-0.15, -0.1) is 0 Å². The van der Waals surface area contributed by atoms with E-state index in [4.69, 9.17) is 4.74 Å². The van der Waals surface area contributed by atoms with E-state index >= 15 is 0 Å². The summed E-state index contributed by atoms with van der Waals surface area (Å²) in [5, 5.41) is 12.9. The molecular formula is C14H17FN2O5. The first kappa shape index (κ1) is 17.5. The van der Waals surface area contributed by atoms with Crippen molar-refractivity contribution < 1.29 is 23.6 Å². The van der Waals surface area contributed by atoms with Crippen molar-refractivity contribution in [2.75, 3.05) is 0 Å². The summed E-state index contributed by atoms with van der Waals surface area (Å²) in [5.74, 6) is -0.972. The Morgan fingerprint density at radius 1 is 1.36 bits per heavy atom. The van der Waals surface area contributed by atoms with Crippen LogP contribution in [0.4, 0.5) is 14.9 Å². The standard InChI is InChI=1S/C14H17FN2O5/c1-13(2,3)22-12(19)16-14(4,8-18)10-6-5-9(17(20)21)7-11(10)15/h5-8H,1-4H3,(H,16,19). The van der Waals surface area contributed by atoms with Gasteiger partial charge in [-0.1, -0.05) is 0 Å². The molecule has 22 heavy (non-hydrogen) atoms. The SMILES string of the molecule is CC(C)(C)OC(=O)NC(C)(C=O)c1ccc([N+](=O)[O-])cc1F. The van der Waals surface area contributed by atoms with Gasteiger partial charge in [0.2, 0.25) is 0 Å². The molecule has 0 fully saturated rings. The number of halogens is 1. The lowest BCUT2D eigenvalue weighted by molar-refractivity contribution is -0.385. The molecule has 120 valence electrons. The van der Waals surface area contributed by atoms with Crippen LogP contribution in [0.1, 0.15) is 33.3 Å². The molecule has 0 aromatic heterocycles. The number of carbonyl (C=O) groups is 2. The summed E-state index contributed by atoms with van der Waals surface area (Å²) >= 11 is 0. The van der Waals surface area contributed by atoms with Gasteiger partial charge in [-0.2, -0.15) is 0 Å². The normalized spacial score (nSPS) is 13.9. The molecule has 0 aliphatic rings. The van der Waals surface area contributed by atoms with Gasteiger partial charge in [0.05, 0.1) is 11.0 Å². The fourth-order valence-electron chi connectivity index (χ4n) is 1.71. The Morgan fingerprint density at radius 2 is 1.95 bits per heavy atom. The molecule has 0 aliphatic carbocycles. The van der Waals surface area contributed by atoms with Crippen molar-refractivity contribution in [3.8, 4) is 0 Å². The molecule has 1 unspecified atom stereocenters. The Hall–Kier alpha value is -2.51. The minimum absolute atomic E-state index is 0.195. The molecule has 0 radical (unpaired) electrons. The van der Waals surface area contributed by atoms with E-state index in [9.17, 15) is 24.1 Å². The number of nitrogens with one attached hydrogen (secondary N) is 1. The van der Waals surface area contributed by atoms with Crippen molar-refractivity contribution in [3.05, 3.63) is 39.7 Å². The van der Waals surface area contributed by atoms with E-state index in [1.54, 1.807) is 20.8 Å². The van der Waals surface area contributed by atoms with Crippen LogP contribution in [0.2, 0.25) is 0 Å². The third-order valence-electron chi connectivity index (χ3n) is 2.72. The fourth-order valence-corrected chi connectivity index (χ4v) is 1.71. The van der Waals surface area contributed by atoms with Crippen LogP contribution >= 0.6 is 0 Å². The fraction of sp³-hybridized carbons (Fsp3) is 0.429. The highest BCUT2D eigenvalue weighted by Gasteiger charge is 2.33. The highest BCUT2D eigenvalue weighted by atomic mass is 19.1. The van der Waals surface area contributed by atoms with Crippen LogP contribution in [0.25, 0.3) is 0 Å². The predicted octanol–water partition coefficient (Wildman–Crippen LogP) is 2.67. The number of ether oxygens (including phenoxy) is 1. The number of hydrogen-bond acceptors (Lipinski definition) is 5. The number of non-ortho nitro benzene ring substituents is 1. The topological polar surface area (TPSA) is 98.5 Å². The molecule has 0 aliphatic heterocycles. The van der Waals surface area contributed by atoms with Gasteiger partial charge in [0.25, 0.3) is 5.69 Å². The second-order valence-corrected chi connectivity index (χ2v) is 5.87. The highest BCUT2D eigenvalue weighted by molar-refractivity contribution is 5.78. The second-order valence-electron chi connectivity index (χ2n) is 5.87. The number of nitro groups is 1. The summed E-state index contributed by atoms with van der Waals surface area (Å²) in [4.78, 5) is 32.9. The van der Waals surface area contributed by atoms with E-state index in [0.717, 1.165) is 12.1 Å². The molecule has 0 spiro atoms. The lowest BCUT2D eigenvalue weighted by Gasteiger charge is -2.28. The largest absolute Gasteiger partial charge is 0.444 e. The number of aldehydes is 1. The zero-order valence-corrected chi connectivity index (χ0v) is 12.7. The lowest BCUT2D eigenvalue weighted by Crippen LogP contribution is -2.47. The van der Waals surface area contributed by atoms with Gasteiger partial charge >= 0.3 is 6.09 Å². The van der Waals surface area contributed by atoms with Crippen molar-refractivity contribution in [2.45, 2.75) is 38.8 Å². The predicted molar refractivity (Wildman–Crippen MR) is 75.8 cm³/mol. The number of hydrogen-bond donors (Lipinski definition) is 1. The van der Waals surface area contributed by atoms with Crippen LogP contribution in [-0.4, -0.2) is 22.9 Å². The summed E-state index contributed by atoms with van der Waals surface area (Å²) in [6, 6.07) is 2.82. The van der Waals surface area contributed by atoms with Gasteiger partial charge in [-0.05, 0) is 33.8 Å². The molecule has 0 saturated heterocycles. The van der Waals surface area contributed by atoms with Crippen molar-refractivity contribution in [2.24, 2.45) is 0 Å². The van der Waals surface area contributed by atoms with Crippen LogP contribution in [-0.2, 0) is 15.1 Å². The molecule has 1 amide bonds. The van der Waals surface area contributed by atoms with Gasteiger partial charge in [-0.25, -0.2) is 9.18 Å². The first-order valence-electron chi connectivity index (χ1n) is 6.40. The highest BCUT2D eigenvalue weighted by Crippen LogP contribution is 2.25. The van der Waals surface area contributed by atoms with Crippen LogP contribution in [0.3, 0.4) is 0 Å². The molecule has 1 aromatic rings. The maximum atomic E-state index is 14.0. The lowest BCUT2D eigenvalue weighted by atomic mass is 9.93. The molecular weight excluding hydrogens is 295 g/mol. The third kappa shape index (κ3) is 4.24. The molecule has 0 bridgehead atoms. The minimum Gasteiger partial charge on any atom is -0.444 e. The molecule has 1 rings (SSSR count).